The minimum atomic E-state index is -0.188. The second-order valence-corrected chi connectivity index (χ2v) is 6.21. The van der Waals surface area contributed by atoms with Crippen LogP contribution in [-0.4, -0.2) is 22.1 Å². The molecule has 0 saturated heterocycles. The number of carbonyl (C=O) groups excluding carboxylic acids is 1. The topological polar surface area (TPSA) is 72.4 Å². The molecule has 0 atom stereocenters. The maximum atomic E-state index is 13.2. The Morgan fingerprint density at radius 2 is 1.96 bits per heavy atom. The number of nitrogens with zero attached hydrogens (tertiary/aromatic N) is 3. The lowest BCUT2D eigenvalue weighted by atomic mass is 9.94. The average Bonchev–Trinajstić information content (AvgIpc) is 3.35. The van der Waals surface area contributed by atoms with Crippen molar-refractivity contribution < 1.29 is 13.7 Å². The second kappa shape index (κ2) is 6.93. The van der Waals surface area contributed by atoms with Crippen molar-refractivity contribution in [2.45, 2.75) is 38.1 Å². The first-order valence-corrected chi connectivity index (χ1v) is 8.58. The van der Waals surface area contributed by atoms with E-state index < -0.39 is 0 Å². The number of carbonyl (C=O) groups is 1. The van der Waals surface area contributed by atoms with Crippen LogP contribution in [0.4, 0.5) is 5.82 Å². The van der Waals surface area contributed by atoms with Crippen LogP contribution in [0.25, 0.3) is 11.5 Å². The summed E-state index contributed by atoms with van der Waals surface area (Å²) in [6.07, 6.45) is 8.68. The fourth-order valence-corrected chi connectivity index (χ4v) is 3.33. The summed E-state index contributed by atoms with van der Waals surface area (Å²) in [6, 6.07) is 10.9. The maximum Gasteiger partial charge on any atom is 0.281 e. The Labute approximate surface area is 145 Å². The molecule has 128 valence electrons. The molecule has 25 heavy (non-hydrogen) atoms. The molecule has 1 aliphatic carbocycles. The van der Waals surface area contributed by atoms with E-state index in [1.54, 1.807) is 35.6 Å². The van der Waals surface area contributed by atoms with Crippen molar-refractivity contribution in [1.29, 1.82) is 0 Å². The van der Waals surface area contributed by atoms with E-state index in [0.717, 1.165) is 25.7 Å². The van der Waals surface area contributed by atoms with Crippen LogP contribution in [0.15, 0.2) is 57.8 Å². The molecule has 1 aliphatic rings. The number of furan rings is 1. The number of hydrogen-bond acceptors (Lipinski definition) is 5. The summed E-state index contributed by atoms with van der Waals surface area (Å²) in [7, 11) is 0. The summed E-state index contributed by atoms with van der Waals surface area (Å²) in [5, 5.41) is 3.96. The first kappa shape index (κ1) is 15.6. The first-order valence-electron chi connectivity index (χ1n) is 8.58. The lowest BCUT2D eigenvalue weighted by Gasteiger charge is -2.33. The molecule has 6 nitrogen and oxygen atoms in total. The molecule has 1 fully saturated rings. The van der Waals surface area contributed by atoms with E-state index in [1.165, 1.54) is 6.42 Å². The molecule has 0 bridgehead atoms. The molecule has 1 saturated carbocycles. The number of amides is 1. The van der Waals surface area contributed by atoms with Gasteiger partial charge in [-0.1, -0.05) is 30.5 Å². The van der Waals surface area contributed by atoms with Crippen LogP contribution < -0.4 is 4.90 Å². The van der Waals surface area contributed by atoms with Gasteiger partial charge in [-0.25, -0.2) is 4.98 Å². The molecule has 3 heterocycles. The summed E-state index contributed by atoms with van der Waals surface area (Å²) in [5.41, 5.74) is 0.266. The van der Waals surface area contributed by atoms with Gasteiger partial charge in [-0.15, -0.1) is 0 Å². The Morgan fingerprint density at radius 3 is 2.68 bits per heavy atom. The maximum absolute atomic E-state index is 13.2. The summed E-state index contributed by atoms with van der Waals surface area (Å²) < 4.78 is 10.6. The number of pyridine rings is 1. The predicted molar refractivity (Wildman–Crippen MR) is 92.1 cm³/mol. The molecule has 0 aliphatic heterocycles. The highest BCUT2D eigenvalue weighted by molar-refractivity contribution is 6.05. The van der Waals surface area contributed by atoms with Gasteiger partial charge in [0.25, 0.3) is 5.91 Å². The van der Waals surface area contributed by atoms with E-state index in [-0.39, 0.29) is 17.6 Å². The third kappa shape index (κ3) is 3.20. The van der Waals surface area contributed by atoms with Crippen LogP contribution in [0, 0.1) is 0 Å². The van der Waals surface area contributed by atoms with Crippen molar-refractivity contribution in [3.63, 3.8) is 0 Å². The molecule has 0 radical (unpaired) electrons. The summed E-state index contributed by atoms with van der Waals surface area (Å²) >= 11 is 0. The molecule has 4 rings (SSSR count). The summed E-state index contributed by atoms with van der Waals surface area (Å²) in [4.78, 5) is 19.3. The van der Waals surface area contributed by atoms with Crippen LogP contribution in [0.3, 0.4) is 0 Å². The lowest BCUT2D eigenvalue weighted by Crippen LogP contribution is -2.42. The predicted octanol–water partition coefficient (Wildman–Crippen LogP) is 4.31. The van der Waals surface area contributed by atoms with E-state index >= 15 is 0 Å². The Kier molecular flexibility index (Phi) is 4.33. The fourth-order valence-electron chi connectivity index (χ4n) is 3.33. The second-order valence-electron chi connectivity index (χ2n) is 6.21. The molecule has 3 aromatic rings. The van der Waals surface area contributed by atoms with Gasteiger partial charge in [0.05, 0.1) is 6.26 Å². The van der Waals surface area contributed by atoms with Crippen LogP contribution in [-0.2, 0) is 0 Å². The van der Waals surface area contributed by atoms with Gasteiger partial charge in [0.15, 0.2) is 11.5 Å². The Balaban J connectivity index is 1.65. The van der Waals surface area contributed by atoms with E-state index in [1.807, 2.05) is 18.2 Å². The van der Waals surface area contributed by atoms with Gasteiger partial charge in [0.2, 0.25) is 5.76 Å². The zero-order valence-electron chi connectivity index (χ0n) is 13.8. The molecule has 6 heteroatoms. The van der Waals surface area contributed by atoms with E-state index in [0.29, 0.717) is 17.3 Å². The molecule has 0 N–H and O–H groups in total. The van der Waals surface area contributed by atoms with Crippen molar-refractivity contribution in [1.82, 2.24) is 10.1 Å². The Morgan fingerprint density at radius 1 is 1.08 bits per heavy atom. The van der Waals surface area contributed by atoms with Crippen molar-refractivity contribution in [2.24, 2.45) is 0 Å². The van der Waals surface area contributed by atoms with Crippen molar-refractivity contribution in [2.75, 3.05) is 4.90 Å². The van der Waals surface area contributed by atoms with Crippen LogP contribution >= 0.6 is 0 Å². The number of aromatic nitrogens is 2. The average molecular weight is 337 g/mol. The van der Waals surface area contributed by atoms with E-state index in [9.17, 15) is 4.79 Å². The van der Waals surface area contributed by atoms with Crippen LogP contribution in [0.5, 0.6) is 0 Å². The monoisotopic (exact) mass is 337 g/mol. The molecule has 3 aromatic heterocycles. The van der Waals surface area contributed by atoms with Crippen LogP contribution in [0.1, 0.15) is 42.6 Å². The van der Waals surface area contributed by atoms with Gasteiger partial charge in [-0.2, -0.15) is 0 Å². The van der Waals surface area contributed by atoms with E-state index in [2.05, 4.69) is 10.1 Å². The van der Waals surface area contributed by atoms with E-state index in [4.69, 9.17) is 8.94 Å². The standard InChI is InChI=1S/C19H19N3O3/c23-19(15-13-17(25-21-15)16-9-6-12-24-16)22(14-7-2-1-3-8-14)18-10-4-5-11-20-18/h4-6,9-14H,1-3,7-8H2. The zero-order chi connectivity index (χ0) is 17.1. The third-order valence-electron chi connectivity index (χ3n) is 4.55. The highest BCUT2D eigenvalue weighted by atomic mass is 16.5. The molecular formula is C19H19N3O3. The van der Waals surface area contributed by atoms with Crippen LogP contribution in [0.2, 0.25) is 0 Å². The summed E-state index contributed by atoms with van der Waals surface area (Å²) in [5.74, 6) is 1.46. The zero-order valence-corrected chi connectivity index (χ0v) is 13.8. The van der Waals surface area contributed by atoms with Gasteiger partial charge >= 0.3 is 0 Å². The Hall–Kier alpha value is -2.89. The largest absolute Gasteiger partial charge is 0.461 e. The minimum absolute atomic E-state index is 0.139. The molecule has 0 aromatic carbocycles. The third-order valence-corrected chi connectivity index (χ3v) is 4.55. The van der Waals surface area contributed by atoms with Gasteiger partial charge < -0.3 is 8.94 Å². The molecule has 1 amide bonds. The number of rotatable bonds is 4. The summed E-state index contributed by atoms with van der Waals surface area (Å²) in [6.45, 7) is 0. The van der Waals surface area contributed by atoms with Gasteiger partial charge in [-0.3, -0.25) is 9.69 Å². The molecular weight excluding hydrogens is 318 g/mol. The highest BCUT2D eigenvalue weighted by Gasteiger charge is 2.30. The Bertz CT molecular complexity index is 821. The minimum Gasteiger partial charge on any atom is -0.461 e. The normalized spacial score (nSPS) is 15.2. The number of anilines is 1. The smallest absolute Gasteiger partial charge is 0.281 e. The highest BCUT2D eigenvalue weighted by Crippen LogP contribution is 2.28. The fraction of sp³-hybridized carbons (Fsp3) is 0.316. The first-order chi connectivity index (χ1) is 12.3. The molecule has 0 unspecified atom stereocenters. The number of hydrogen-bond donors (Lipinski definition) is 0. The SMILES string of the molecule is O=C(c1cc(-c2ccco2)on1)N(c1ccccn1)C1CCCCC1. The van der Waals surface area contributed by atoms with Crippen molar-refractivity contribution in [3.8, 4) is 11.5 Å². The molecule has 0 spiro atoms. The van der Waals surface area contributed by atoms with Gasteiger partial charge in [0, 0.05) is 18.3 Å². The van der Waals surface area contributed by atoms with Crippen molar-refractivity contribution in [3.05, 3.63) is 54.6 Å². The van der Waals surface area contributed by atoms with Gasteiger partial charge in [-0.05, 0) is 37.1 Å². The van der Waals surface area contributed by atoms with Gasteiger partial charge in [0.1, 0.15) is 5.82 Å². The lowest BCUT2D eigenvalue weighted by molar-refractivity contribution is 0.0961. The quantitative estimate of drug-likeness (QED) is 0.709. The van der Waals surface area contributed by atoms with Crippen molar-refractivity contribution >= 4 is 11.7 Å².